The fraction of sp³-hybridized carbons (Fsp3) is 0.480. The summed E-state index contributed by atoms with van der Waals surface area (Å²) in [6, 6.07) is 7.52. The van der Waals surface area contributed by atoms with Crippen LogP contribution in [0.4, 0.5) is 5.82 Å². The normalized spacial score (nSPS) is 17.0. The Labute approximate surface area is 204 Å². The van der Waals surface area contributed by atoms with E-state index in [2.05, 4.69) is 15.4 Å². The number of rotatable bonds is 9. The average molecular weight is 484 g/mol. The zero-order chi connectivity index (χ0) is 24.9. The number of aromatic nitrogens is 3. The van der Waals surface area contributed by atoms with Gasteiger partial charge in [-0.05, 0) is 40.0 Å². The van der Waals surface area contributed by atoms with Gasteiger partial charge in [-0.25, -0.2) is 9.97 Å². The van der Waals surface area contributed by atoms with Crippen molar-refractivity contribution in [2.45, 2.75) is 33.0 Å². The molecule has 1 aliphatic heterocycles. The molecule has 0 spiro atoms. The average Bonchev–Trinajstić information content (AvgIpc) is 3.21. The van der Waals surface area contributed by atoms with E-state index >= 15 is 0 Å². The van der Waals surface area contributed by atoms with E-state index in [1.807, 2.05) is 45.0 Å². The molecule has 1 fully saturated rings. The van der Waals surface area contributed by atoms with Crippen LogP contribution in [0, 0.1) is 20.8 Å². The Morgan fingerprint density at radius 2 is 2.09 bits per heavy atom. The number of hydrogen-bond acceptors (Lipinski definition) is 10. The molecule has 0 radical (unpaired) electrons. The maximum Gasteiger partial charge on any atom is 0.162 e. The van der Waals surface area contributed by atoms with Crippen LogP contribution in [0.3, 0.4) is 0 Å². The van der Waals surface area contributed by atoms with Gasteiger partial charge in [-0.15, -0.1) is 0 Å². The molecule has 35 heavy (non-hydrogen) atoms. The summed E-state index contributed by atoms with van der Waals surface area (Å²) in [5.74, 6) is 2.62. The van der Waals surface area contributed by atoms with Crippen LogP contribution in [-0.2, 0) is 4.74 Å². The number of likely N-dealkylation sites (N-methyl/N-ethyl adjacent to an activating group) is 1. The molecule has 0 aliphatic carbocycles. The Balaban J connectivity index is 1.76. The van der Waals surface area contributed by atoms with Gasteiger partial charge < -0.3 is 34.4 Å². The first kappa shape index (κ1) is 25.1. The number of morpholine rings is 1. The lowest BCUT2D eigenvalue weighted by Crippen LogP contribution is -2.44. The lowest BCUT2D eigenvalue weighted by atomic mass is 10.0. The summed E-state index contributed by atoms with van der Waals surface area (Å²) in [5, 5.41) is 26.7. The third-order valence-electron chi connectivity index (χ3n) is 6.01. The third kappa shape index (κ3) is 5.62. The lowest BCUT2D eigenvalue weighted by Gasteiger charge is -2.34. The second kappa shape index (κ2) is 11.1. The van der Waals surface area contributed by atoms with Crippen molar-refractivity contribution < 1.29 is 24.2 Å². The number of aliphatic hydroxyl groups excluding tert-OH is 2. The highest BCUT2D eigenvalue weighted by atomic mass is 16.5. The number of nitrogens with one attached hydrogen (secondary N) is 1. The summed E-state index contributed by atoms with van der Waals surface area (Å²) >= 11 is 0. The quantitative estimate of drug-likeness (QED) is 0.415. The van der Waals surface area contributed by atoms with E-state index in [4.69, 9.17) is 24.0 Å². The molecule has 3 N–H and O–H groups in total. The standard InChI is InChI=1S/C25H33N5O5/c1-15-23(22-16(2)29-35-17(22)3)27-24(28-25(15)30-8-9-33-21(12-30)13-31)18-6-5-7-20(10-18)34-14-19(32)11-26-4/h5-7,10,19,21,26,31-32H,8-9,11-14H2,1-4H3. The molecule has 2 unspecified atom stereocenters. The summed E-state index contributed by atoms with van der Waals surface area (Å²) in [7, 11) is 1.78. The SMILES string of the molecule is CNCC(O)COc1cccc(-c2nc(-c3c(C)noc3C)c(C)c(N3CCOC(CO)C3)n2)c1. The first-order chi connectivity index (χ1) is 16.9. The fourth-order valence-electron chi connectivity index (χ4n) is 4.24. The number of benzene rings is 1. The summed E-state index contributed by atoms with van der Waals surface area (Å²) in [5.41, 5.74) is 4.05. The number of anilines is 1. The van der Waals surface area contributed by atoms with Crippen molar-refractivity contribution in [3.05, 3.63) is 41.3 Å². The van der Waals surface area contributed by atoms with Gasteiger partial charge in [0.25, 0.3) is 0 Å². The van der Waals surface area contributed by atoms with E-state index in [1.165, 1.54) is 0 Å². The monoisotopic (exact) mass is 483 g/mol. The maximum absolute atomic E-state index is 9.98. The predicted octanol–water partition coefficient (Wildman–Crippen LogP) is 1.88. The van der Waals surface area contributed by atoms with E-state index in [-0.39, 0.29) is 19.3 Å². The van der Waals surface area contributed by atoms with Gasteiger partial charge in [-0.3, -0.25) is 0 Å². The maximum atomic E-state index is 9.98. The highest BCUT2D eigenvalue weighted by Crippen LogP contribution is 2.35. The molecule has 4 rings (SSSR count). The van der Waals surface area contributed by atoms with Crippen molar-refractivity contribution in [1.82, 2.24) is 20.4 Å². The fourth-order valence-corrected chi connectivity index (χ4v) is 4.24. The van der Waals surface area contributed by atoms with Crippen molar-refractivity contribution in [3.63, 3.8) is 0 Å². The molecule has 188 valence electrons. The van der Waals surface area contributed by atoms with Crippen LogP contribution in [0.25, 0.3) is 22.6 Å². The van der Waals surface area contributed by atoms with E-state index in [0.29, 0.717) is 43.6 Å². The summed E-state index contributed by atoms with van der Waals surface area (Å²) in [4.78, 5) is 12.0. The molecular formula is C25H33N5O5. The van der Waals surface area contributed by atoms with Crippen molar-refractivity contribution in [1.29, 1.82) is 0 Å². The molecule has 1 aromatic carbocycles. The van der Waals surface area contributed by atoms with Crippen molar-refractivity contribution in [3.8, 4) is 28.4 Å². The zero-order valence-electron chi connectivity index (χ0n) is 20.6. The smallest absolute Gasteiger partial charge is 0.162 e. The highest BCUT2D eigenvalue weighted by Gasteiger charge is 2.26. The first-order valence-electron chi connectivity index (χ1n) is 11.8. The second-order valence-corrected chi connectivity index (χ2v) is 8.72. The molecule has 0 saturated carbocycles. The molecule has 10 heteroatoms. The number of hydrogen-bond donors (Lipinski definition) is 3. The van der Waals surface area contributed by atoms with Crippen LogP contribution in [-0.4, -0.2) is 84.0 Å². The van der Waals surface area contributed by atoms with Gasteiger partial charge in [-0.2, -0.15) is 0 Å². The molecule has 10 nitrogen and oxygen atoms in total. The first-order valence-corrected chi connectivity index (χ1v) is 11.8. The van der Waals surface area contributed by atoms with Crippen molar-refractivity contribution >= 4 is 5.82 Å². The largest absolute Gasteiger partial charge is 0.491 e. The summed E-state index contributed by atoms with van der Waals surface area (Å²) in [6.07, 6.45) is -0.886. The van der Waals surface area contributed by atoms with Gasteiger partial charge in [0, 0.05) is 30.8 Å². The Morgan fingerprint density at radius 1 is 1.26 bits per heavy atom. The second-order valence-electron chi connectivity index (χ2n) is 8.72. The number of aliphatic hydroxyl groups is 2. The van der Waals surface area contributed by atoms with Crippen LogP contribution < -0.4 is 15.0 Å². The molecule has 2 atom stereocenters. The lowest BCUT2D eigenvalue weighted by molar-refractivity contribution is 0.00333. The van der Waals surface area contributed by atoms with Gasteiger partial charge >= 0.3 is 0 Å². The van der Waals surface area contributed by atoms with Gasteiger partial charge in [-0.1, -0.05) is 17.3 Å². The highest BCUT2D eigenvalue weighted by molar-refractivity contribution is 5.75. The molecule has 1 saturated heterocycles. The molecule has 3 heterocycles. The number of aryl methyl sites for hydroxylation is 2. The van der Waals surface area contributed by atoms with Gasteiger partial charge in [0.05, 0.1) is 36.3 Å². The minimum atomic E-state index is -0.613. The predicted molar refractivity (Wildman–Crippen MR) is 132 cm³/mol. The minimum Gasteiger partial charge on any atom is -0.491 e. The van der Waals surface area contributed by atoms with Crippen LogP contribution >= 0.6 is 0 Å². The van der Waals surface area contributed by atoms with Crippen LogP contribution in [0.5, 0.6) is 5.75 Å². The van der Waals surface area contributed by atoms with Gasteiger partial charge in [0.15, 0.2) is 5.82 Å². The van der Waals surface area contributed by atoms with E-state index in [9.17, 15) is 10.2 Å². The third-order valence-corrected chi connectivity index (χ3v) is 6.01. The topological polar surface area (TPSA) is 126 Å². The minimum absolute atomic E-state index is 0.0526. The van der Waals surface area contributed by atoms with E-state index in [0.717, 1.165) is 33.9 Å². The van der Waals surface area contributed by atoms with Crippen LogP contribution in [0.15, 0.2) is 28.8 Å². The number of nitrogens with zero attached hydrogens (tertiary/aromatic N) is 4. The van der Waals surface area contributed by atoms with Gasteiger partial charge in [0.1, 0.15) is 30.0 Å². The molecule has 1 aliphatic rings. The molecule has 0 bridgehead atoms. The Kier molecular flexibility index (Phi) is 7.97. The molecule has 3 aromatic rings. The number of ether oxygens (including phenoxy) is 2. The van der Waals surface area contributed by atoms with Crippen molar-refractivity contribution in [2.75, 3.05) is 51.4 Å². The van der Waals surface area contributed by atoms with E-state index < -0.39 is 6.10 Å². The molecule has 0 amide bonds. The Hall–Kier alpha value is -3.05. The van der Waals surface area contributed by atoms with Crippen LogP contribution in [0.2, 0.25) is 0 Å². The summed E-state index contributed by atoms with van der Waals surface area (Å²) in [6.45, 7) is 8.01. The zero-order valence-corrected chi connectivity index (χ0v) is 20.6. The van der Waals surface area contributed by atoms with Crippen molar-refractivity contribution in [2.24, 2.45) is 0 Å². The van der Waals surface area contributed by atoms with Crippen LogP contribution in [0.1, 0.15) is 17.0 Å². The molecule has 2 aromatic heterocycles. The molecular weight excluding hydrogens is 450 g/mol. The van der Waals surface area contributed by atoms with E-state index in [1.54, 1.807) is 7.05 Å². The summed E-state index contributed by atoms with van der Waals surface area (Å²) < 4.78 is 16.9. The Bertz CT molecular complexity index is 1130. The van der Waals surface area contributed by atoms with Gasteiger partial charge in [0.2, 0.25) is 0 Å². The Morgan fingerprint density at radius 3 is 2.80 bits per heavy atom.